The predicted molar refractivity (Wildman–Crippen MR) is 158 cm³/mol. The Kier molecular flexibility index (Phi) is 8.88. The minimum atomic E-state index is -0.757. The monoisotopic (exact) mass is 586 g/mol. The molecule has 0 unspecified atom stereocenters. The van der Waals surface area contributed by atoms with Gasteiger partial charge in [0.1, 0.15) is 0 Å². The van der Waals surface area contributed by atoms with Crippen molar-refractivity contribution in [3.8, 4) is 17.2 Å². The number of rotatable bonds is 8. The zero-order valence-electron chi connectivity index (χ0n) is 26.2. The van der Waals surface area contributed by atoms with Gasteiger partial charge in [0.15, 0.2) is 11.5 Å². The van der Waals surface area contributed by atoms with Crippen LogP contribution in [0.4, 0.5) is 0 Å². The zero-order chi connectivity index (χ0) is 30.4. The SMILES string of the molecule is COc1cc(C(=O)OC(=O)CC[C@H](C)[C@@H]2CC[C@H]3[C@@H]4CC[C@@H]5C[C@H](O)CC[C@]5(C)[C@H]4C[C@H](O)[C@@]32C)cc(OC)c1OC. The summed E-state index contributed by atoms with van der Waals surface area (Å²) in [6.45, 7) is 6.93. The van der Waals surface area contributed by atoms with Crippen molar-refractivity contribution in [3.63, 3.8) is 0 Å². The van der Waals surface area contributed by atoms with Crippen LogP contribution in [0, 0.1) is 46.3 Å². The Balaban J connectivity index is 1.22. The van der Waals surface area contributed by atoms with Gasteiger partial charge in [0.2, 0.25) is 5.75 Å². The van der Waals surface area contributed by atoms with Crippen molar-refractivity contribution in [3.05, 3.63) is 17.7 Å². The van der Waals surface area contributed by atoms with Crippen LogP contribution in [0.2, 0.25) is 0 Å². The van der Waals surface area contributed by atoms with Crippen LogP contribution in [0.5, 0.6) is 17.2 Å². The summed E-state index contributed by atoms with van der Waals surface area (Å²) in [5, 5.41) is 22.1. The first-order valence-electron chi connectivity index (χ1n) is 15.9. The first-order valence-corrected chi connectivity index (χ1v) is 15.9. The van der Waals surface area contributed by atoms with E-state index < -0.39 is 11.9 Å². The molecular formula is C34H50O8. The maximum Gasteiger partial charge on any atom is 0.346 e. The second-order valence-electron chi connectivity index (χ2n) is 14.1. The maximum absolute atomic E-state index is 12.8. The van der Waals surface area contributed by atoms with Crippen LogP contribution in [0.15, 0.2) is 12.1 Å². The second-order valence-corrected chi connectivity index (χ2v) is 14.1. The van der Waals surface area contributed by atoms with E-state index >= 15 is 0 Å². The largest absolute Gasteiger partial charge is 0.493 e. The molecule has 0 aliphatic heterocycles. The van der Waals surface area contributed by atoms with Crippen molar-refractivity contribution >= 4 is 11.9 Å². The molecule has 1 aromatic rings. The molecule has 0 spiro atoms. The predicted octanol–water partition coefficient (Wildman–Crippen LogP) is 5.80. The summed E-state index contributed by atoms with van der Waals surface area (Å²) in [5.74, 6) is 2.37. The fraction of sp³-hybridized carbons (Fsp3) is 0.765. The lowest BCUT2D eigenvalue weighted by molar-refractivity contribution is -0.175. The number of hydrogen-bond acceptors (Lipinski definition) is 8. The first-order chi connectivity index (χ1) is 20.0. The molecule has 42 heavy (non-hydrogen) atoms. The van der Waals surface area contributed by atoms with Crippen LogP contribution in [0.3, 0.4) is 0 Å². The van der Waals surface area contributed by atoms with Crippen molar-refractivity contribution in [1.82, 2.24) is 0 Å². The lowest BCUT2D eigenvalue weighted by atomic mass is 9.43. The summed E-state index contributed by atoms with van der Waals surface area (Å²) in [5.41, 5.74) is 0.184. The van der Waals surface area contributed by atoms with Gasteiger partial charge < -0.3 is 29.2 Å². The van der Waals surface area contributed by atoms with Crippen LogP contribution in [-0.4, -0.2) is 55.7 Å². The molecule has 234 valence electrons. The molecule has 0 heterocycles. The number of benzene rings is 1. The van der Waals surface area contributed by atoms with E-state index in [0.29, 0.717) is 53.3 Å². The molecule has 5 rings (SSSR count). The molecule has 4 fully saturated rings. The molecule has 10 atom stereocenters. The van der Waals surface area contributed by atoms with E-state index in [1.807, 2.05) is 0 Å². The number of aliphatic hydroxyl groups excluding tert-OH is 2. The smallest absolute Gasteiger partial charge is 0.346 e. The highest BCUT2D eigenvalue weighted by atomic mass is 16.6. The quantitative estimate of drug-likeness (QED) is 0.290. The number of carbonyl (C=O) groups excluding carboxylic acids is 2. The van der Waals surface area contributed by atoms with Gasteiger partial charge in [0.05, 0.1) is 39.1 Å². The van der Waals surface area contributed by atoms with Gasteiger partial charge in [-0.05, 0) is 116 Å². The molecule has 0 radical (unpaired) electrons. The molecule has 0 amide bonds. The van der Waals surface area contributed by atoms with Gasteiger partial charge in [0, 0.05) is 6.42 Å². The number of methoxy groups -OCH3 is 3. The third-order valence-electron chi connectivity index (χ3n) is 12.4. The maximum atomic E-state index is 12.8. The van der Waals surface area contributed by atoms with Crippen LogP contribution in [-0.2, 0) is 9.53 Å². The molecule has 4 aliphatic rings. The van der Waals surface area contributed by atoms with E-state index in [1.54, 1.807) is 0 Å². The molecule has 0 saturated heterocycles. The molecule has 8 nitrogen and oxygen atoms in total. The van der Waals surface area contributed by atoms with Crippen LogP contribution in [0.25, 0.3) is 0 Å². The van der Waals surface area contributed by atoms with Crippen molar-refractivity contribution in [2.45, 2.75) is 97.2 Å². The zero-order valence-corrected chi connectivity index (χ0v) is 26.2. The Hall–Kier alpha value is -2.32. The van der Waals surface area contributed by atoms with E-state index in [2.05, 4.69) is 20.8 Å². The molecule has 8 heteroatoms. The molecule has 0 aromatic heterocycles. The average molecular weight is 587 g/mol. The van der Waals surface area contributed by atoms with Gasteiger partial charge in [-0.25, -0.2) is 4.79 Å². The number of fused-ring (bicyclic) bond motifs is 5. The van der Waals surface area contributed by atoms with Gasteiger partial charge >= 0.3 is 11.9 Å². The first kappa shape index (κ1) is 31.1. The topological polar surface area (TPSA) is 112 Å². The summed E-state index contributed by atoms with van der Waals surface area (Å²) in [6.07, 6.45) is 8.46. The Bertz CT molecular complexity index is 1140. The van der Waals surface area contributed by atoms with E-state index in [0.717, 1.165) is 38.5 Å². The molecule has 2 N–H and O–H groups in total. The summed E-state index contributed by atoms with van der Waals surface area (Å²) < 4.78 is 21.1. The number of aliphatic hydroxyl groups is 2. The summed E-state index contributed by atoms with van der Waals surface area (Å²) in [7, 11) is 4.40. The standard InChI is InChI=1S/C34H50O8/c1-19(7-12-30(37)42-32(38)20-15-27(39-4)31(41-6)28(16-20)40-5)24-10-11-25-23-9-8-21-17-22(35)13-14-33(21,2)26(23)18-29(36)34(24,25)3/h15-16,19,21-26,29,35-36H,7-14,17-18H2,1-6H3/t19-,21+,22+,23-,24-,25-,26-,29-,33-,34+/m0/s1. The summed E-state index contributed by atoms with van der Waals surface area (Å²) >= 11 is 0. The highest BCUT2D eigenvalue weighted by Crippen LogP contribution is 2.68. The summed E-state index contributed by atoms with van der Waals surface area (Å²) in [4.78, 5) is 25.6. The number of ether oxygens (including phenoxy) is 4. The third kappa shape index (κ3) is 5.21. The Morgan fingerprint density at radius 2 is 1.62 bits per heavy atom. The van der Waals surface area contributed by atoms with Crippen molar-refractivity contribution < 1.29 is 38.7 Å². The number of carbonyl (C=O) groups is 2. The lowest BCUT2D eigenvalue weighted by Gasteiger charge is -2.62. The van der Waals surface area contributed by atoms with E-state index in [1.165, 1.54) is 46.3 Å². The van der Waals surface area contributed by atoms with Crippen LogP contribution < -0.4 is 14.2 Å². The normalized spacial score (nSPS) is 38.0. The fourth-order valence-electron chi connectivity index (χ4n) is 10.1. The summed E-state index contributed by atoms with van der Waals surface area (Å²) in [6, 6.07) is 2.94. The highest BCUT2D eigenvalue weighted by Gasteiger charge is 2.63. The van der Waals surface area contributed by atoms with Gasteiger partial charge in [-0.15, -0.1) is 0 Å². The van der Waals surface area contributed by atoms with Crippen molar-refractivity contribution in [1.29, 1.82) is 0 Å². The van der Waals surface area contributed by atoms with Gasteiger partial charge in [-0.2, -0.15) is 0 Å². The molecule has 4 saturated carbocycles. The minimum Gasteiger partial charge on any atom is -0.493 e. The molecule has 4 aliphatic carbocycles. The van der Waals surface area contributed by atoms with Crippen LogP contribution in [0.1, 0.15) is 95.3 Å². The Morgan fingerprint density at radius 1 is 0.929 bits per heavy atom. The number of hydrogen-bond donors (Lipinski definition) is 2. The molecular weight excluding hydrogens is 536 g/mol. The van der Waals surface area contributed by atoms with Gasteiger partial charge in [-0.1, -0.05) is 20.8 Å². The van der Waals surface area contributed by atoms with E-state index in [-0.39, 0.29) is 40.9 Å². The van der Waals surface area contributed by atoms with Gasteiger partial charge in [0.25, 0.3) is 0 Å². The van der Waals surface area contributed by atoms with Crippen molar-refractivity contribution in [2.75, 3.05) is 21.3 Å². The van der Waals surface area contributed by atoms with Crippen LogP contribution >= 0.6 is 0 Å². The van der Waals surface area contributed by atoms with Crippen molar-refractivity contribution in [2.24, 2.45) is 46.3 Å². The Morgan fingerprint density at radius 3 is 2.26 bits per heavy atom. The Labute approximate surface area is 250 Å². The van der Waals surface area contributed by atoms with E-state index in [9.17, 15) is 19.8 Å². The fourth-order valence-corrected chi connectivity index (χ4v) is 10.1. The van der Waals surface area contributed by atoms with E-state index in [4.69, 9.17) is 18.9 Å². The lowest BCUT2D eigenvalue weighted by Crippen LogP contribution is -2.58. The second kappa shape index (κ2) is 12.0. The molecule has 0 bridgehead atoms. The van der Waals surface area contributed by atoms with Gasteiger partial charge in [-0.3, -0.25) is 4.79 Å². The molecule has 1 aromatic carbocycles. The number of esters is 2. The average Bonchev–Trinajstić information content (AvgIpc) is 3.34. The highest BCUT2D eigenvalue weighted by molar-refractivity contribution is 5.97. The third-order valence-corrected chi connectivity index (χ3v) is 12.4. The minimum absolute atomic E-state index is 0.138.